The second kappa shape index (κ2) is 8.14. The Balaban J connectivity index is 1.60. The first kappa shape index (κ1) is 19.3. The molecule has 0 saturated heterocycles. The lowest BCUT2D eigenvalue weighted by atomic mass is 9.81. The van der Waals surface area contributed by atoms with Crippen molar-refractivity contribution in [1.29, 1.82) is 0 Å². The highest BCUT2D eigenvalue weighted by Gasteiger charge is 2.41. The summed E-state index contributed by atoms with van der Waals surface area (Å²) in [6.45, 7) is 2.74. The van der Waals surface area contributed by atoms with Crippen molar-refractivity contribution in [3.63, 3.8) is 0 Å². The molecule has 1 heterocycles. The largest absolute Gasteiger partial charge is 0.496 e. The fourth-order valence-electron chi connectivity index (χ4n) is 4.80. The van der Waals surface area contributed by atoms with Gasteiger partial charge in [0.25, 0.3) is 0 Å². The molecule has 0 N–H and O–H groups in total. The molecular weight excluding hydrogens is 348 g/mol. The molecule has 28 heavy (non-hydrogen) atoms. The fraction of sp³-hybridized carbons (Fsp3) is 0.500. The molecular formula is C24H32N2O2. The van der Waals surface area contributed by atoms with Crippen LogP contribution in [0, 0.1) is 0 Å². The van der Waals surface area contributed by atoms with E-state index in [1.165, 1.54) is 24.0 Å². The molecule has 0 bridgehead atoms. The lowest BCUT2D eigenvalue weighted by molar-refractivity contribution is -0.0136. The van der Waals surface area contributed by atoms with Crippen molar-refractivity contribution in [2.24, 2.45) is 0 Å². The summed E-state index contributed by atoms with van der Waals surface area (Å²) in [6.07, 6.45) is 4.59. The van der Waals surface area contributed by atoms with E-state index in [4.69, 9.17) is 9.47 Å². The van der Waals surface area contributed by atoms with E-state index in [1.54, 1.807) is 7.11 Å². The van der Waals surface area contributed by atoms with Gasteiger partial charge >= 0.3 is 0 Å². The number of rotatable bonds is 4. The Morgan fingerprint density at radius 1 is 1.07 bits per heavy atom. The van der Waals surface area contributed by atoms with Gasteiger partial charge in [-0.25, -0.2) is 0 Å². The number of ether oxygens (including phenoxy) is 2. The summed E-state index contributed by atoms with van der Waals surface area (Å²) in [4.78, 5) is 4.91. The van der Waals surface area contributed by atoms with Crippen LogP contribution >= 0.6 is 0 Å². The molecule has 150 valence electrons. The molecule has 1 aliphatic carbocycles. The third kappa shape index (κ3) is 4.03. The molecule has 4 heteroatoms. The molecule has 4 nitrogen and oxygen atoms in total. The zero-order valence-electron chi connectivity index (χ0n) is 17.4. The van der Waals surface area contributed by atoms with E-state index in [2.05, 4.69) is 66.4 Å². The highest BCUT2D eigenvalue weighted by molar-refractivity contribution is 5.36. The third-order valence-corrected chi connectivity index (χ3v) is 6.39. The zero-order valence-corrected chi connectivity index (χ0v) is 17.4. The maximum atomic E-state index is 6.75. The van der Waals surface area contributed by atoms with Gasteiger partial charge in [-0.3, -0.25) is 4.90 Å². The monoisotopic (exact) mass is 380 g/mol. The smallest absolute Gasteiger partial charge is 0.124 e. The Morgan fingerprint density at radius 3 is 2.54 bits per heavy atom. The number of methoxy groups -OCH3 is 1. The van der Waals surface area contributed by atoms with Crippen LogP contribution in [0.2, 0.25) is 0 Å². The van der Waals surface area contributed by atoms with Gasteiger partial charge in [-0.15, -0.1) is 0 Å². The van der Waals surface area contributed by atoms with E-state index in [9.17, 15) is 0 Å². The number of fused-ring (bicyclic) bond motifs is 1. The molecule has 0 aromatic heterocycles. The summed E-state index contributed by atoms with van der Waals surface area (Å²) < 4.78 is 12.3. The van der Waals surface area contributed by atoms with E-state index >= 15 is 0 Å². The maximum absolute atomic E-state index is 6.75. The molecule has 1 fully saturated rings. The molecule has 1 saturated carbocycles. The van der Waals surface area contributed by atoms with Crippen molar-refractivity contribution in [1.82, 2.24) is 9.80 Å². The second-order valence-electron chi connectivity index (χ2n) is 8.54. The molecule has 4 rings (SSSR count). The van der Waals surface area contributed by atoms with Crippen LogP contribution in [-0.2, 0) is 13.1 Å². The Kier molecular flexibility index (Phi) is 5.61. The molecule has 1 aliphatic heterocycles. The Morgan fingerprint density at radius 2 is 1.79 bits per heavy atom. The van der Waals surface area contributed by atoms with Gasteiger partial charge in [0.15, 0.2) is 0 Å². The van der Waals surface area contributed by atoms with Gasteiger partial charge in [0.05, 0.1) is 7.11 Å². The minimum Gasteiger partial charge on any atom is -0.496 e. The van der Waals surface area contributed by atoms with Crippen molar-refractivity contribution in [2.75, 3.05) is 27.7 Å². The van der Waals surface area contributed by atoms with Crippen LogP contribution in [0.25, 0.3) is 0 Å². The maximum Gasteiger partial charge on any atom is 0.124 e. The topological polar surface area (TPSA) is 24.9 Å². The molecule has 0 unspecified atom stereocenters. The lowest BCUT2D eigenvalue weighted by Gasteiger charge is -2.43. The first-order valence-electron chi connectivity index (χ1n) is 10.4. The standard InChI is InChI=1S/C24H32N2O2/c1-25(2)21-12-14-24(15-13-21)18-26(16-19-8-4-6-10-22(19)27-3)17-20-9-5-7-11-23(20)28-24/h4-11,21H,12-18H2,1-3H3. The van der Waals surface area contributed by atoms with E-state index in [0.29, 0.717) is 6.04 Å². The van der Waals surface area contributed by atoms with Crippen LogP contribution < -0.4 is 9.47 Å². The minimum atomic E-state index is -0.0961. The number of benzene rings is 2. The molecule has 2 aromatic rings. The summed E-state index contributed by atoms with van der Waals surface area (Å²) in [5, 5.41) is 0. The second-order valence-corrected chi connectivity index (χ2v) is 8.54. The quantitative estimate of drug-likeness (QED) is 0.788. The third-order valence-electron chi connectivity index (χ3n) is 6.39. The first-order valence-corrected chi connectivity index (χ1v) is 10.4. The van der Waals surface area contributed by atoms with Crippen molar-refractivity contribution in [3.05, 3.63) is 59.7 Å². The Hall–Kier alpha value is -2.04. The molecule has 1 spiro atoms. The number of para-hydroxylation sites is 2. The van der Waals surface area contributed by atoms with Gasteiger partial charge in [-0.1, -0.05) is 36.4 Å². The van der Waals surface area contributed by atoms with Crippen LogP contribution in [0.15, 0.2) is 48.5 Å². The molecule has 0 amide bonds. The van der Waals surface area contributed by atoms with Gasteiger partial charge < -0.3 is 14.4 Å². The molecule has 2 aromatic carbocycles. The number of hydrogen-bond acceptors (Lipinski definition) is 4. The predicted octanol–water partition coefficient (Wildman–Crippen LogP) is 4.33. The average Bonchev–Trinajstić information content (AvgIpc) is 2.84. The van der Waals surface area contributed by atoms with Crippen LogP contribution in [-0.4, -0.2) is 49.2 Å². The summed E-state index contributed by atoms with van der Waals surface area (Å²) in [7, 11) is 6.14. The SMILES string of the molecule is COc1ccccc1CN1Cc2ccccc2OC2(CCC(N(C)C)CC2)C1. The van der Waals surface area contributed by atoms with Crippen LogP contribution in [0.5, 0.6) is 11.5 Å². The van der Waals surface area contributed by atoms with Crippen molar-refractivity contribution >= 4 is 0 Å². The van der Waals surface area contributed by atoms with Gasteiger partial charge in [0.1, 0.15) is 17.1 Å². The molecule has 0 radical (unpaired) electrons. The summed E-state index contributed by atoms with van der Waals surface area (Å²) in [5.41, 5.74) is 2.42. The van der Waals surface area contributed by atoms with Gasteiger partial charge in [-0.2, -0.15) is 0 Å². The number of hydrogen-bond donors (Lipinski definition) is 0. The molecule has 0 atom stereocenters. The Bertz CT molecular complexity index is 797. The van der Waals surface area contributed by atoms with Crippen molar-refractivity contribution in [3.8, 4) is 11.5 Å². The first-order chi connectivity index (χ1) is 13.6. The zero-order chi connectivity index (χ0) is 19.6. The van der Waals surface area contributed by atoms with Crippen molar-refractivity contribution in [2.45, 2.75) is 50.4 Å². The predicted molar refractivity (Wildman–Crippen MR) is 113 cm³/mol. The Labute approximate surface area is 169 Å². The highest BCUT2D eigenvalue weighted by Crippen LogP contribution is 2.39. The van der Waals surface area contributed by atoms with Gasteiger partial charge in [-0.05, 0) is 51.9 Å². The van der Waals surface area contributed by atoms with Gasteiger partial charge in [0, 0.05) is 36.8 Å². The minimum absolute atomic E-state index is 0.0961. The van der Waals surface area contributed by atoms with Crippen LogP contribution in [0.4, 0.5) is 0 Å². The average molecular weight is 381 g/mol. The lowest BCUT2D eigenvalue weighted by Crippen LogP contribution is -2.50. The van der Waals surface area contributed by atoms with E-state index < -0.39 is 0 Å². The number of nitrogens with zero attached hydrogens (tertiary/aromatic N) is 2. The van der Waals surface area contributed by atoms with E-state index in [0.717, 1.165) is 44.0 Å². The summed E-state index contributed by atoms with van der Waals surface area (Å²) >= 11 is 0. The normalized spacial score (nSPS) is 25.2. The van der Waals surface area contributed by atoms with Crippen LogP contribution in [0.1, 0.15) is 36.8 Å². The van der Waals surface area contributed by atoms with Gasteiger partial charge in [0.2, 0.25) is 0 Å². The summed E-state index contributed by atoms with van der Waals surface area (Å²) in [6, 6.07) is 17.6. The molecule has 2 aliphatic rings. The van der Waals surface area contributed by atoms with E-state index in [-0.39, 0.29) is 5.60 Å². The fourth-order valence-corrected chi connectivity index (χ4v) is 4.80. The van der Waals surface area contributed by atoms with E-state index in [1.807, 2.05) is 6.07 Å². The van der Waals surface area contributed by atoms with Crippen molar-refractivity contribution < 1.29 is 9.47 Å². The van der Waals surface area contributed by atoms with Crippen LogP contribution in [0.3, 0.4) is 0 Å². The summed E-state index contributed by atoms with van der Waals surface area (Å²) in [5.74, 6) is 2.03. The highest BCUT2D eigenvalue weighted by atomic mass is 16.5.